The van der Waals surface area contributed by atoms with Crippen LogP contribution < -0.4 is 10.1 Å². The van der Waals surface area contributed by atoms with Crippen molar-refractivity contribution >= 4 is 11.7 Å². The highest BCUT2D eigenvalue weighted by atomic mass is 16.5. The first-order valence-corrected chi connectivity index (χ1v) is 8.32. The summed E-state index contributed by atoms with van der Waals surface area (Å²) in [6.45, 7) is 4.16. The van der Waals surface area contributed by atoms with Gasteiger partial charge in [0.05, 0.1) is 26.4 Å². The van der Waals surface area contributed by atoms with Crippen LogP contribution in [0.5, 0.6) is 5.75 Å². The number of ether oxygens (including phenoxy) is 2. The molecular formula is C18H23N3O4. The van der Waals surface area contributed by atoms with E-state index in [-0.39, 0.29) is 12.0 Å². The van der Waals surface area contributed by atoms with Crippen molar-refractivity contribution in [3.05, 3.63) is 41.7 Å². The summed E-state index contributed by atoms with van der Waals surface area (Å²) in [4.78, 5) is 14.2. The summed E-state index contributed by atoms with van der Waals surface area (Å²) in [6, 6.07) is 9.67. The number of benzene rings is 1. The normalized spacial score (nSPS) is 18.1. The average molecular weight is 345 g/mol. The van der Waals surface area contributed by atoms with Crippen LogP contribution in [0.4, 0.5) is 5.82 Å². The number of amides is 1. The van der Waals surface area contributed by atoms with E-state index in [0.29, 0.717) is 31.3 Å². The molecule has 0 aliphatic carbocycles. The maximum absolute atomic E-state index is 12.1. The van der Waals surface area contributed by atoms with Gasteiger partial charge in [0.1, 0.15) is 11.5 Å². The highest BCUT2D eigenvalue weighted by Crippen LogP contribution is 2.17. The molecule has 2 aromatic rings. The van der Waals surface area contributed by atoms with Gasteiger partial charge in [-0.05, 0) is 24.6 Å². The van der Waals surface area contributed by atoms with E-state index in [2.05, 4.69) is 21.4 Å². The summed E-state index contributed by atoms with van der Waals surface area (Å²) in [5.41, 5.74) is 1.16. The second-order valence-corrected chi connectivity index (χ2v) is 6.15. The summed E-state index contributed by atoms with van der Waals surface area (Å²) >= 11 is 0. The number of morpholine rings is 1. The van der Waals surface area contributed by atoms with Gasteiger partial charge in [-0.15, -0.1) is 0 Å². The zero-order chi connectivity index (χ0) is 17.6. The van der Waals surface area contributed by atoms with E-state index in [4.69, 9.17) is 14.0 Å². The minimum absolute atomic E-state index is 0.0583. The van der Waals surface area contributed by atoms with Gasteiger partial charge < -0.3 is 19.3 Å². The van der Waals surface area contributed by atoms with Crippen LogP contribution in [0.3, 0.4) is 0 Å². The first-order chi connectivity index (χ1) is 12.1. The molecule has 25 heavy (non-hydrogen) atoms. The van der Waals surface area contributed by atoms with Crippen LogP contribution in [0.15, 0.2) is 34.9 Å². The smallest absolute Gasteiger partial charge is 0.239 e. The van der Waals surface area contributed by atoms with Crippen molar-refractivity contribution in [3.63, 3.8) is 0 Å². The number of nitrogens with zero attached hydrogens (tertiary/aromatic N) is 2. The lowest BCUT2D eigenvalue weighted by Gasteiger charge is -2.32. The van der Waals surface area contributed by atoms with Crippen LogP contribution >= 0.6 is 0 Å². The highest BCUT2D eigenvalue weighted by Gasteiger charge is 2.23. The fraction of sp³-hybridized carbons (Fsp3) is 0.444. The van der Waals surface area contributed by atoms with Gasteiger partial charge in [-0.3, -0.25) is 9.69 Å². The van der Waals surface area contributed by atoms with Crippen LogP contribution in [-0.4, -0.2) is 55.4 Å². The van der Waals surface area contributed by atoms with Crippen LogP contribution in [-0.2, 0) is 16.0 Å². The van der Waals surface area contributed by atoms with Gasteiger partial charge >= 0.3 is 0 Å². The lowest BCUT2D eigenvalue weighted by atomic mass is 10.1. The Morgan fingerprint density at radius 3 is 3.08 bits per heavy atom. The van der Waals surface area contributed by atoms with E-state index < -0.39 is 0 Å². The standard InChI is InChI=1S/C18H23N3O4/c1-13-8-17(20-25-13)19-18(22)12-21-6-7-24-16(11-21)10-14-4-3-5-15(9-14)23-2/h3-5,8-9,16H,6-7,10-12H2,1-2H3,(H,19,20,22)/t16-/m1/s1. The molecule has 134 valence electrons. The molecule has 0 radical (unpaired) electrons. The van der Waals surface area contributed by atoms with Gasteiger partial charge in [0, 0.05) is 25.6 Å². The Labute approximate surface area is 146 Å². The molecule has 1 N–H and O–H groups in total. The molecule has 0 spiro atoms. The first kappa shape index (κ1) is 17.4. The van der Waals surface area contributed by atoms with Crippen LogP contribution in [0.2, 0.25) is 0 Å². The SMILES string of the molecule is COc1cccc(C[C@@H]2CN(CC(=O)Nc3cc(C)on3)CCO2)c1. The predicted octanol–water partition coefficient (Wildman–Crippen LogP) is 1.87. The molecule has 1 amide bonds. The van der Waals surface area contributed by atoms with E-state index in [1.807, 2.05) is 18.2 Å². The molecule has 1 fully saturated rings. The molecule has 1 atom stereocenters. The number of rotatable bonds is 6. The molecule has 3 rings (SSSR count). The van der Waals surface area contributed by atoms with Gasteiger partial charge in [-0.1, -0.05) is 17.3 Å². The summed E-state index contributed by atoms with van der Waals surface area (Å²) in [5.74, 6) is 1.85. The quantitative estimate of drug-likeness (QED) is 0.861. The summed E-state index contributed by atoms with van der Waals surface area (Å²) < 4.78 is 16.1. The van der Waals surface area contributed by atoms with Crippen LogP contribution in [0, 0.1) is 6.92 Å². The number of nitrogens with one attached hydrogen (secondary N) is 1. The van der Waals surface area contributed by atoms with Crippen molar-refractivity contribution in [2.24, 2.45) is 0 Å². The minimum atomic E-state index is -0.102. The second-order valence-electron chi connectivity index (χ2n) is 6.15. The molecule has 1 aromatic heterocycles. The topological polar surface area (TPSA) is 76.8 Å². The number of hydrogen-bond donors (Lipinski definition) is 1. The van der Waals surface area contributed by atoms with Crippen LogP contribution in [0.25, 0.3) is 0 Å². The number of aromatic nitrogens is 1. The Balaban J connectivity index is 1.51. The largest absolute Gasteiger partial charge is 0.497 e. The fourth-order valence-corrected chi connectivity index (χ4v) is 2.92. The highest BCUT2D eigenvalue weighted by molar-refractivity contribution is 5.91. The predicted molar refractivity (Wildman–Crippen MR) is 92.7 cm³/mol. The molecule has 2 heterocycles. The Morgan fingerprint density at radius 2 is 2.32 bits per heavy atom. The Hall–Kier alpha value is -2.38. The van der Waals surface area contributed by atoms with E-state index in [0.717, 1.165) is 24.3 Å². The molecule has 1 aliphatic rings. The van der Waals surface area contributed by atoms with E-state index in [1.54, 1.807) is 20.1 Å². The molecule has 1 aliphatic heterocycles. The van der Waals surface area contributed by atoms with Gasteiger partial charge in [-0.2, -0.15) is 0 Å². The van der Waals surface area contributed by atoms with Crippen molar-refractivity contribution in [1.29, 1.82) is 0 Å². The number of methoxy groups -OCH3 is 1. The molecule has 0 bridgehead atoms. The van der Waals surface area contributed by atoms with Crippen molar-refractivity contribution in [1.82, 2.24) is 10.1 Å². The lowest BCUT2D eigenvalue weighted by Crippen LogP contribution is -2.46. The van der Waals surface area contributed by atoms with Gasteiger partial charge in [0.25, 0.3) is 0 Å². The van der Waals surface area contributed by atoms with E-state index in [9.17, 15) is 4.79 Å². The minimum Gasteiger partial charge on any atom is -0.497 e. The summed E-state index contributed by atoms with van der Waals surface area (Å²) in [5, 5.41) is 6.52. The van der Waals surface area contributed by atoms with Crippen molar-refractivity contribution in [3.8, 4) is 5.75 Å². The second kappa shape index (κ2) is 8.13. The third kappa shape index (κ3) is 5.04. The molecule has 7 nitrogen and oxygen atoms in total. The number of carbonyl (C=O) groups excluding carboxylic acids is 1. The Morgan fingerprint density at radius 1 is 1.44 bits per heavy atom. The first-order valence-electron chi connectivity index (χ1n) is 8.32. The zero-order valence-electron chi connectivity index (χ0n) is 14.5. The van der Waals surface area contributed by atoms with Gasteiger partial charge in [-0.25, -0.2) is 0 Å². The Bertz CT molecular complexity index is 716. The third-order valence-electron chi connectivity index (χ3n) is 4.08. The number of aryl methyl sites for hydroxylation is 1. The van der Waals surface area contributed by atoms with Crippen molar-refractivity contribution < 1.29 is 18.8 Å². The number of hydrogen-bond acceptors (Lipinski definition) is 6. The molecule has 0 saturated carbocycles. The van der Waals surface area contributed by atoms with Crippen molar-refractivity contribution in [2.45, 2.75) is 19.4 Å². The maximum atomic E-state index is 12.1. The summed E-state index contributed by atoms with van der Waals surface area (Å²) in [7, 11) is 1.66. The molecule has 7 heteroatoms. The fourth-order valence-electron chi connectivity index (χ4n) is 2.92. The zero-order valence-corrected chi connectivity index (χ0v) is 14.5. The number of anilines is 1. The van der Waals surface area contributed by atoms with E-state index in [1.165, 1.54) is 0 Å². The van der Waals surface area contributed by atoms with Crippen LogP contribution in [0.1, 0.15) is 11.3 Å². The summed E-state index contributed by atoms with van der Waals surface area (Å²) in [6.07, 6.45) is 0.848. The molecule has 1 saturated heterocycles. The molecule has 1 aromatic carbocycles. The van der Waals surface area contributed by atoms with Gasteiger partial charge in [0.15, 0.2) is 5.82 Å². The van der Waals surface area contributed by atoms with E-state index >= 15 is 0 Å². The third-order valence-corrected chi connectivity index (χ3v) is 4.08. The lowest BCUT2D eigenvalue weighted by molar-refractivity contribution is -0.119. The van der Waals surface area contributed by atoms with Crippen molar-refractivity contribution in [2.75, 3.05) is 38.7 Å². The van der Waals surface area contributed by atoms with Gasteiger partial charge in [0.2, 0.25) is 5.91 Å². The Kier molecular flexibility index (Phi) is 5.67. The monoisotopic (exact) mass is 345 g/mol. The average Bonchev–Trinajstić information content (AvgIpc) is 3.00. The maximum Gasteiger partial charge on any atom is 0.239 e. The number of carbonyl (C=O) groups is 1. The molecular weight excluding hydrogens is 322 g/mol. The molecule has 0 unspecified atom stereocenters.